The molecular formula is C18H29ClN2O. The van der Waals surface area contributed by atoms with Crippen molar-refractivity contribution in [3.05, 3.63) is 35.4 Å². The summed E-state index contributed by atoms with van der Waals surface area (Å²) in [4.78, 5) is 12.2. The van der Waals surface area contributed by atoms with E-state index in [-0.39, 0.29) is 35.8 Å². The molecule has 3 nitrogen and oxygen atoms in total. The third kappa shape index (κ3) is 4.99. The van der Waals surface area contributed by atoms with Crippen molar-refractivity contribution in [3.63, 3.8) is 0 Å². The highest BCUT2D eigenvalue weighted by Crippen LogP contribution is 2.24. The molecule has 0 spiro atoms. The first kappa shape index (κ1) is 19.0. The van der Waals surface area contributed by atoms with Gasteiger partial charge in [-0.2, -0.15) is 0 Å². The van der Waals surface area contributed by atoms with Crippen LogP contribution in [0.25, 0.3) is 0 Å². The second kappa shape index (κ2) is 7.98. The minimum absolute atomic E-state index is 0. The molecule has 1 aliphatic rings. The van der Waals surface area contributed by atoms with Crippen molar-refractivity contribution >= 4 is 18.3 Å². The van der Waals surface area contributed by atoms with E-state index in [0.29, 0.717) is 0 Å². The number of amides is 1. The van der Waals surface area contributed by atoms with E-state index < -0.39 is 0 Å². The Bertz CT molecular complexity index is 473. The van der Waals surface area contributed by atoms with Crippen molar-refractivity contribution < 1.29 is 4.79 Å². The monoisotopic (exact) mass is 324 g/mol. The topological polar surface area (TPSA) is 41.1 Å². The van der Waals surface area contributed by atoms with Crippen LogP contribution in [-0.2, 0) is 10.2 Å². The standard InChI is InChI=1S/C18H28N2O.ClH/c1-13(20-17(21)16-7-5-6-12-19-16)14-8-10-15(11-9-14)18(2,3)4;/h8-11,13,16,19H,5-7,12H2,1-4H3,(H,20,21);1H/t13?,16-;/m1./s1. The third-order valence-corrected chi connectivity index (χ3v) is 4.26. The summed E-state index contributed by atoms with van der Waals surface area (Å²) in [5.74, 6) is 0.127. The number of benzene rings is 1. The molecule has 4 heteroatoms. The molecule has 2 atom stereocenters. The van der Waals surface area contributed by atoms with E-state index in [1.54, 1.807) is 0 Å². The summed E-state index contributed by atoms with van der Waals surface area (Å²) in [6.45, 7) is 9.63. The maximum absolute atomic E-state index is 12.2. The molecule has 1 aromatic carbocycles. The normalized spacial score (nSPS) is 19.9. The summed E-state index contributed by atoms with van der Waals surface area (Å²) >= 11 is 0. The molecule has 1 heterocycles. The lowest BCUT2D eigenvalue weighted by Gasteiger charge is -2.25. The van der Waals surface area contributed by atoms with Crippen LogP contribution in [0.4, 0.5) is 0 Å². The Morgan fingerprint density at radius 2 is 1.86 bits per heavy atom. The van der Waals surface area contributed by atoms with Gasteiger partial charge in [-0.3, -0.25) is 4.79 Å². The fourth-order valence-electron chi connectivity index (χ4n) is 2.74. The maximum Gasteiger partial charge on any atom is 0.237 e. The molecule has 1 fully saturated rings. The van der Waals surface area contributed by atoms with Gasteiger partial charge in [0.1, 0.15) is 0 Å². The second-order valence-corrected chi connectivity index (χ2v) is 7.10. The van der Waals surface area contributed by atoms with Crippen LogP contribution in [0.1, 0.15) is 64.1 Å². The zero-order valence-electron chi connectivity index (χ0n) is 14.1. The molecule has 0 radical (unpaired) electrons. The largest absolute Gasteiger partial charge is 0.348 e. The van der Waals surface area contributed by atoms with E-state index in [1.165, 1.54) is 12.0 Å². The van der Waals surface area contributed by atoms with Crippen LogP contribution >= 0.6 is 12.4 Å². The Morgan fingerprint density at radius 1 is 1.23 bits per heavy atom. The van der Waals surface area contributed by atoms with Crippen LogP contribution in [-0.4, -0.2) is 18.5 Å². The molecule has 2 rings (SSSR count). The number of nitrogens with one attached hydrogen (secondary N) is 2. The number of piperidine rings is 1. The molecule has 0 aromatic heterocycles. The number of hydrogen-bond acceptors (Lipinski definition) is 2. The van der Waals surface area contributed by atoms with Gasteiger partial charge in [-0.1, -0.05) is 51.5 Å². The van der Waals surface area contributed by atoms with Gasteiger partial charge in [0.2, 0.25) is 5.91 Å². The lowest BCUT2D eigenvalue weighted by atomic mass is 9.86. The van der Waals surface area contributed by atoms with Crippen molar-refractivity contribution in [2.45, 2.75) is 64.5 Å². The summed E-state index contributed by atoms with van der Waals surface area (Å²) in [5, 5.41) is 6.42. The van der Waals surface area contributed by atoms with Crippen molar-refractivity contribution in [3.8, 4) is 0 Å². The Hall–Kier alpha value is -1.06. The average Bonchev–Trinajstić information content (AvgIpc) is 2.47. The summed E-state index contributed by atoms with van der Waals surface area (Å²) < 4.78 is 0. The van der Waals surface area contributed by atoms with Gasteiger partial charge in [0.15, 0.2) is 0 Å². The van der Waals surface area contributed by atoms with Crippen LogP contribution < -0.4 is 10.6 Å². The number of hydrogen-bond donors (Lipinski definition) is 2. The van der Waals surface area contributed by atoms with E-state index in [2.05, 4.69) is 55.7 Å². The molecule has 1 amide bonds. The SMILES string of the molecule is CC(NC(=O)[C@H]1CCCCN1)c1ccc(C(C)(C)C)cc1.Cl. The molecule has 124 valence electrons. The van der Waals surface area contributed by atoms with Crippen LogP contribution in [0.3, 0.4) is 0 Å². The van der Waals surface area contributed by atoms with Crippen molar-refractivity contribution in [2.24, 2.45) is 0 Å². The Kier molecular flexibility index (Phi) is 6.89. The van der Waals surface area contributed by atoms with E-state index in [4.69, 9.17) is 0 Å². The molecule has 0 saturated carbocycles. The summed E-state index contributed by atoms with van der Waals surface area (Å²) in [6, 6.07) is 8.61. The third-order valence-electron chi connectivity index (χ3n) is 4.26. The van der Waals surface area contributed by atoms with Crippen LogP contribution in [0.2, 0.25) is 0 Å². The molecular weight excluding hydrogens is 296 g/mol. The van der Waals surface area contributed by atoms with Gasteiger partial charge in [0.05, 0.1) is 12.1 Å². The molecule has 2 N–H and O–H groups in total. The van der Waals surface area contributed by atoms with Gasteiger partial charge in [0.25, 0.3) is 0 Å². The Labute approximate surface area is 140 Å². The minimum atomic E-state index is -0.0185. The number of carbonyl (C=O) groups is 1. The molecule has 1 unspecified atom stereocenters. The summed E-state index contributed by atoms with van der Waals surface area (Å²) in [5.41, 5.74) is 2.64. The average molecular weight is 325 g/mol. The van der Waals surface area contributed by atoms with Crippen LogP contribution in [0.15, 0.2) is 24.3 Å². The lowest BCUT2D eigenvalue weighted by molar-refractivity contribution is -0.124. The maximum atomic E-state index is 12.2. The first-order valence-corrected chi connectivity index (χ1v) is 8.02. The van der Waals surface area contributed by atoms with Gasteiger partial charge >= 0.3 is 0 Å². The van der Waals surface area contributed by atoms with E-state index >= 15 is 0 Å². The predicted molar refractivity (Wildman–Crippen MR) is 94.6 cm³/mol. The van der Waals surface area contributed by atoms with Crippen LogP contribution in [0.5, 0.6) is 0 Å². The zero-order valence-corrected chi connectivity index (χ0v) is 14.9. The first-order chi connectivity index (χ1) is 9.88. The highest BCUT2D eigenvalue weighted by atomic mass is 35.5. The van der Waals surface area contributed by atoms with Crippen LogP contribution in [0, 0.1) is 0 Å². The number of rotatable bonds is 3. The summed E-state index contributed by atoms with van der Waals surface area (Å²) in [7, 11) is 0. The van der Waals surface area contributed by atoms with Gasteiger partial charge in [0, 0.05) is 0 Å². The van der Waals surface area contributed by atoms with Gasteiger partial charge < -0.3 is 10.6 Å². The van der Waals surface area contributed by atoms with Gasteiger partial charge in [-0.25, -0.2) is 0 Å². The second-order valence-electron chi connectivity index (χ2n) is 7.10. The molecule has 1 saturated heterocycles. The van der Waals surface area contributed by atoms with E-state index in [9.17, 15) is 4.79 Å². The molecule has 22 heavy (non-hydrogen) atoms. The highest BCUT2D eigenvalue weighted by Gasteiger charge is 2.22. The zero-order chi connectivity index (χ0) is 15.5. The quantitative estimate of drug-likeness (QED) is 0.889. The fourth-order valence-corrected chi connectivity index (χ4v) is 2.74. The van der Waals surface area contributed by atoms with Gasteiger partial charge in [-0.15, -0.1) is 12.4 Å². The lowest BCUT2D eigenvalue weighted by Crippen LogP contribution is -2.47. The number of halogens is 1. The van der Waals surface area contributed by atoms with Gasteiger partial charge in [-0.05, 0) is 42.9 Å². The Balaban J connectivity index is 0.00000242. The highest BCUT2D eigenvalue weighted by molar-refractivity contribution is 5.85. The van der Waals surface area contributed by atoms with Crippen molar-refractivity contribution in [1.82, 2.24) is 10.6 Å². The smallest absolute Gasteiger partial charge is 0.237 e. The van der Waals surface area contributed by atoms with Crippen molar-refractivity contribution in [1.29, 1.82) is 0 Å². The fraction of sp³-hybridized carbons (Fsp3) is 0.611. The predicted octanol–water partition coefficient (Wildman–Crippen LogP) is 3.73. The number of carbonyl (C=O) groups excluding carboxylic acids is 1. The van der Waals surface area contributed by atoms with E-state index in [0.717, 1.165) is 24.9 Å². The minimum Gasteiger partial charge on any atom is -0.348 e. The molecule has 1 aromatic rings. The Morgan fingerprint density at radius 3 is 2.36 bits per heavy atom. The summed E-state index contributed by atoms with van der Waals surface area (Å²) in [6.07, 6.45) is 3.26. The van der Waals surface area contributed by atoms with Crippen molar-refractivity contribution in [2.75, 3.05) is 6.54 Å². The van der Waals surface area contributed by atoms with E-state index in [1.807, 2.05) is 6.92 Å². The molecule has 1 aliphatic heterocycles. The molecule has 0 aliphatic carbocycles. The molecule has 0 bridgehead atoms. The first-order valence-electron chi connectivity index (χ1n) is 8.02.